The normalized spacial score (nSPS) is 11.6. The van der Waals surface area contributed by atoms with Gasteiger partial charge in [0.15, 0.2) is 0 Å². The summed E-state index contributed by atoms with van der Waals surface area (Å²) in [6.07, 6.45) is 1.38. The summed E-state index contributed by atoms with van der Waals surface area (Å²) in [4.78, 5) is 0.246. The van der Waals surface area contributed by atoms with Crippen molar-refractivity contribution in [1.29, 1.82) is 0 Å². The first-order valence-electron chi connectivity index (χ1n) is 8.28. The molecule has 0 heterocycles. The molecule has 0 radical (unpaired) electrons. The molecule has 0 saturated carbocycles. The Labute approximate surface area is 153 Å². The van der Waals surface area contributed by atoms with Crippen LogP contribution in [0.3, 0.4) is 0 Å². The summed E-state index contributed by atoms with van der Waals surface area (Å²) in [5.41, 5.74) is 2.36. The highest BCUT2D eigenvalue weighted by molar-refractivity contribution is 7.92. The van der Waals surface area contributed by atoms with Gasteiger partial charge >= 0.3 is 0 Å². The summed E-state index contributed by atoms with van der Waals surface area (Å²) < 4.78 is 28.6. The maximum absolute atomic E-state index is 12.9. The van der Waals surface area contributed by atoms with Crippen molar-refractivity contribution < 1.29 is 8.42 Å². The van der Waals surface area contributed by atoms with E-state index in [0.717, 1.165) is 28.3 Å². The molecule has 0 amide bonds. The van der Waals surface area contributed by atoms with Crippen molar-refractivity contribution in [3.05, 3.63) is 70.7 Å². The Hall–Kier alpha value is -2.04. The third kappa shape index (κ3) is 3.51. The fourth-order valence-corrected chi connectivity index (χ4v) is 4.43. The molecule has 0 fully saturated rings. The first kappa shape index (κ1) is 17.8. The van der Waals surface area contributed by atoms with Gasteiger partial charge in [0.1, 0.15) is 0 Å². The number of halogens is 1. The van der Waals surface area contributed by atoms with Crippen molar-refractivity contribution in [1.82, 2.24) is 0 Å². The maximum atomic E-state index is 12.9. The summed E-state index contributed by atoms with van der Waals surface area (Å²) >= 11 is 6.28. The second-order valence-corrected chi connectivity index (χ2v) is 7.97. The molecule has 25 heavy (non-hydrogen) atoms. The van der Waals surface area contributed by atoms with Crippen molar-refractivity contribution in [2.45, 2.75) is 31.6 Å². The summed E-state index contributed by atoms with van der Waals surface area (Å²) in [5, 5.41) is 2.48. The van der Waals surface area contributed by atoms with Crippen molar-refractivity contribution in [2.75, 3.05) is 4.72 Å². The number of anilines is 1. The zero-order valence-corrected chi connectivity index (χ0v) is 15.8. The summed E-state index contributed by atoms with van der Waals surface area (Å²) in [6.45, 7) is 3.96. The van der Waals surface area contributed by atoms with Gasteiger partial charge in [0.25, 0.3) is 10.0 Å². The third-order valence-corrected chi connectivity index (χ3v) is 6.05. The molecule has 1 N–H and O–H groups in total. The molecular weight excluding hydrogens is 354 g/mol. The standard InChI is InChI=1S/C20H20ClNO2S/c1-3-14-10-12-19(21)18(4-2)20(14)22-25(23,24)17-11-9-15-7-5-6-8-16(15)13-17/h5-13,22H,3-4H2,1-2H3. The average molecular weight is 374 g/mol. The molecule has 5 heteroatoms. The Morgan fingerprint density at radius 3 is 2.32 bits per heavy atom. The lowest BCUT2D eigenvalue weighted by Crippen LogP contribution is -2.16. The van der Waals surface area contributed by atoms with E-state index in [-0.39, 0.29) is 4.90 Å². The Morgan fingerprint density at radius 2 is 1.64 bits per heavy atom. The van der Waals surface area contributed by atoms with Crippen LogP contribution in [0.15, 0.2) is 59.5 Å². The van der Waals surface area contributed by atoms with Gasteiger partial charge < -0.3 is 0 Å². The first-order chi connectivity index (χ1) is 12.0. The van der Waals surface area contributed by atoms with Crippen LogP contribution in [0.1, 0.15) is 25.0 Å². The molecule has 0 aliphatic carbocycles. The van der Waals surface area contributed by atoms with Crippen molar-refractivity contribution in [3.63, 3.8) is 0 Å². The Morgan fingerprint density at radius 1 is 0.920 bits per heavy atom. The van der Waals surface area contributed by atoms with Crippen LogP contribution < -0.4 is 4.72 Å². The van der Waals surface area contributed by atoms with Crippen LogP contribution >= 0.6 is 11.6 Å². The van der Waals surface area contributed by atoms with E-state index in [4.69, 9.17) is 11.6 Å². The molecule has 0 aliphatic rings. The van der Waals surface area contributed by atoms with Gasteiger partial charge in [-0.15, -0.1) is 0 Å². The van der Waals surface area contributed by atoms with E-state index in [1.54, 1.807) is 12.1 Å². The number of aryl methyl sites for hydroxylation is 1. The minimum absolute atomic E-state index is 0.246. The molecular formula is C20H20ClNO2S. The molecule has 0 spiro atoms. The molecule has 0 bridgehead atoms. The van der Waals surface area contributed by atoms with Gasteiger partial charge in [-0.25, -0.2) is 8.42 Å². The summed E-state index contributed by atoms with van der Waals surface area (Å²) in [7, 11) is -3.70. The molecule has 3 aromatic rings. The number of rotatable bonds is 5. The number of fused-ring (bicyclic) bond motifs is 1. The zero-order valence-electron chi connectivity index (χ0n) is 14.2. The van der Waals surface area contributed by atoms with Crippen molar-refractivity contribution in [3.8, 4) is 0 Å². The van der Waals surface area contributed by atoms with Crippen LogP contribution in [0.25, 0.3) is 10.8 Å². The molecule has 3 aromatic carbocycles. The molecule has 0 saturated heterocycles. The van der Waals surface area contributed by atoms with Gasteiger partial charge in [-0.1, -0.05) is 61.8 Å². The zero-order chi connectivity index (χ0) is 18.0. The largest absolute Gasteiger partial charge is 0.279 e. The highest BCUT2D eigenvalue weighted by atomic mass is 35.5. The Bertz CT molecular complexity index is 1030. The Balaban J connectivity index is 2.08. The molecule has 0 atom stereocenters. The topological polar surface area (TPSA) is 46.2 Å². The smallest absolute Gasteiger partial charge is 0.261 e. The van der Waals surface area contributed by atoms with Gasteiger partial charge in [0.2, 0.25) is 0 Å². The maximum Gasteiger partial charge on any atom is 0.261 e. The molecule has 130 valence electrons. The van der Waals surface area contributed by atoms with Gasteiger partial charge in [0.05, 0.1) is 10.6 Å². The van der Waals surface area contributed by atoms with Crippen molar-refractivity contribution in [2.24, 2.45) is 0 Å². The second-order valence-electron chi connectivity index (χ2n) is 5.88. The molecule has 0 aromatic heterocycles. The van der Waals surface area contributed by atoms with E-state index >= 15 is 0 Å². The van der Waals surface area contributed by atoms with Crippen molar-refractivity contribution >= 4 is 38.1 Å². The van der Waals surface area contributed by atoms with Gasteiger partial charge in [-0.3, -0.25) is 4.72 Å². The third-order valence-electron chi connectivity index (χ3n) is 4.34. The number of sulfonamides is 1. The van der Waals surface area contributed by atoms with Gasteiger partial charge in [-0.05, 0) is 52.9 Å². The monoisotopic (exact) mass is 373 g/mol. The van der Waals surface area contributed by atoms with Crippen LogP contribution in [0.2, 0.25) is 5.02 Å². The number of nitrogens with one attached hydrogen (secondary N) is 1. The van der Waals surface area contributed by atoms with Crippen LogP contribution in [-0.4, -0.2) is 8.42 Å². The molecule has 3 rings (SSSR count). The summed E-state index contributed by atoms with van der Waals surface area (Å²) in [6, 6.07) is 16.5. The lowest BCUT2D eigenvalue weighted by atomic mass is 10.0. The van der Waals surface area contributed by atoms with Gasteiger partial charge in [0, 0.05) is 5.02 Å². The molecule has 3 nitrogen and oxygen atoms in total. The molecule has 0 aliphatic heterocycles. The van der Waals surface area contributed by atoms with E-state index in [9.17, 15) is 8.42 Å². The van der Waals surface area contributed by atoms with E-state index < -0.39 is 10.0 Å². The second kappa shape index (κ2) is 7.06. The fourth-order valence-electron chi connectivity index (χ4n) is 2.97. The minimum atomic E-state index is -3.70. The SMILES string of the molecule is CCc1ccc(Cl)c(CC)c1NS(=O)(=O)c1ccc2ccccc2c1. The van der Waals surface area contributed by atoms with E-state index in [0.29, 0.717) is 17.1 Å². The van der Waals surface area contributed by atoms with E-state index in [1.165, 1.54) is 0 Å². The van der Waals surface area contributed by atoms with E-state index in [1.807, 2.05) is 56.3 Å². The lowest BCUT2D eigenvalue weighted by molar-refractivity contribution is 0.601. The Kier molecular flexibility index (Phi) is 5.02. The predicted molar refractivity (Wildman–Crippen MR) is 105 cm³/mol. The predicted octanol–water partition coefficient (Wildman–Crippen LogP) is 5.42. The number of hydrogen-bond acceptors (Lipinski definition) is 2. The number of hydrogen-bond donors (Lipinski definition) is 1. The summed E-state index contributed by atoms with van der Waals surface area (Å²) in [5.74, 6) is 0. The number of benzene rings is 3. The minimum Gasteiger partial charge on any atom is -0.279 e. The highest BCUT2D eigenvalue weighted by Gasteiger charge is 2.19. The van der Waals surface area contributed by atoms with Crippen LogP contribution in [-0.2, 0) is 22.9 Å². The van der Waals surface area contributed by atoms with E-state index in [2.05, 4.69) is 4.72 Å². The lowest BCUT2D eigenvalue weighted by Gasteiger charge is -2.17. The van der Waals surface area contributed by atoms with Crippen LogP contribution in [0, 0.1) is 0 Å². The highest BCUT2D eigenvalue weighted by Crippen LogP contribution is 2.31. The molecule has 0 unspecified atom stereocenters. The quantitative estimate of drug-likeness (QED) is 0.649. The average Bonchev–Trinajstić information content (AvgIpc) is 2.61. The fraction of sp³-hybridized carbons (Fsp3) is 0.200. The first-order valence-corrected chi connectivity index (χ1v) is 10.1. The van der Waals surface area contributed by atoms with Crippen LogP contribution in [0.4, 0.5) is 5.69 Å². The van der Waals surface area contributed by atoms with Gasteiger partial charge in [-0.2, -0.15) is 0 Å². The van der Waals surface area contributed by atoms with Crippen LogP contribution in [0.5, 0.6) is 0 Å².